The van der Waals surface area contributed by atoms with Gasteiger partial charge in [-0.05, 0) is 18.2 Å². The Bertz CT molecular complexity index is 707. The zero-order valence-electron chi connectivity index (χ0n) is 12.0. The first kappa shape index (κ1) is 16.8. The molecule has 1 amide bonds. The Labute approximate surface area is 130 Å². The van der Waals surface area contributed by atoms with Crippen molar-refractivity contribution in [2.24, 2.45) is 0 Å². The van der Waals surface area contributed by atoms with Gasteiger partial charge in [0, 0.05) is 12.1 Å². The molecule has 7 heteroatoms. The van der Waals surface area contributed by atoms with Gasteiger partial charge in [-0.15, -0.1) is 0 Å². The fraction of sp³-hybridized carbons (Fsp3) is 0.188. The molecule has 0 saturated heterocycles. The molecular formula is C16H14F3NO3. The minimum atomic E-state index is -1.69. The highest BCUT2D eigenvalue weighted by Crippen LogP contribution is 2.19. The van der Waals surface area contributed by atoms with E-state index < -0.39 is 28.9 Å². The largest absolute Gasteiger partial charge is 0.491 e. The molecule has 122 valence electrons. The van der Waals surface area contributed by atoms with Gasteiger partial charge in [0.15, 0.2) is 17.5 Å². The summed E-state index contributed by atoms with van der Waals surface area (Å²) in [5.41, 5.74) is 0.00921. The lowest BCUT2D eigenvalue weighted by Gasteiger charge is -2.12. The van der Waals surface area contributed by atoms with Crippen molar-refractivity contribution >= 4 is 5.91 Å². The van der Waals surface area contributed by atoms with Crippen LogP contribution in [0.25, 0.3) is 0 Å². The Morgan fingerprint density at radius 1 is 1.09 bits per heavy atom. The number of rotatable bonds is 6. The van der Waals surface area contributed by atoms with Gasteiger partial charge >= 0.3 is 0 Å². The van der Waals surface area contributed by atoms with E-state index in [1.165, 1.54) is 0 Å². The van der Waals surface area contributed by atoms with Crippen molar-refractivity contribution < 1.29 is 27.8 Å². The molecule has 0 radical (unpaired) electrons. The Balaban J connectivity index is 2.09. The maximum atomic E-state index is 13.6. The van der Waals surface area contributed by atoms with Gasteiger partial charge in [-0.2, -0.15) is 0 Å². The van der Waals surface area contributed by atoms with Crippen molar-refractivity contribution in [2.45, 2.75) is 6.54 Å². The van der Waals surface area contributed by atoms with Gasteiger partial charge in [-0.1, -0.05) is 18.2 Å². The van der Waals surface area contributed by atoms with Crippen molar-refractivity contribution in [3.63, 3.8) is 0 Å². The van der Waals surface area contributed by atoms with E-state index in [1.54, 1.807) is 24.3 Å². The number of aliphatic hydroxyl groups is 1. The monoisotopic (exact) mass is 325 g/mol. The highest BCUT2D eigenvalue weighted by atomic mass is 19.2. The molecule has 2 N–H and O–H groups in total. The van der Waals surface area contributed by atoms with E-state index >= 15 is 0 Å². The minimum Gasteiger partial charge on any atom is -0.491 e. The predicted octanol–water partition coefficient (Wildman–Crippen LogP) is 2.41. The zero-order chi connectivity index (χ0) is 16.8. The summed E-state index contributed by atoms with van der Waals surface area (Å²) in [4.78, 5) is 11.9. The first-order valence-corrected chi connectivity index (χ1v) is 6.78. The Morgan fingerprint density at radius 2 is 1.83 bits per heavy atom. The van der Waals surface area contributed by atoms with E-state index in [9.17, 15) is 18.0 Å². The van der Waals surface area contributed by atoms with Crippen LogP contribution >= 0.6 is 0 Å². The summed E-state index contributed by atoms with van der Waals surface area (Å²) >= 11 is 0. The molecule has 4 nitrogen and oxygen atoms in total. The molecular weight excluding hydrogens is 311 g/mol. The zero-order valence-corrected chi connectivity index (χ0v) is 12.0. The third-order valence-electron chi connectivity index (χ3n) is 3.04. The number of benzene rings is 2. The van der Waals surface area contributed by atoms with Crippen LogP contribution in [-0.2, 0) is 6.54 Å². The average molecular weight is 325 g/mol. The van der Waals surface area contributed by atoms with Crippen LogP contribution in [0.4, 0.5) is 13.2 Å². The summed E-state index contributed by atoms with van der Waals surface area (Å²) in [5.74, 6) is -5.01. The highest BCUT2D eigenvalue weighted by Gasteiger charge is 2.18. The van der Waals surface area contributed by atoms with E-state index in [2.05, 4.69) is 5.32 Å². The highest BCUT2D eigenvalue weighted by molar-refractivity contribution is 5.94. The number of hydrogen-bond acceptors (Lipinski definition) is 3. The van der Waals surface area contributed by atoms with Gasteiger partial charge in [-0.25, -0.2) is 13.2 Å². The van der Waals surface area contributed by atoms with Gasteiger partial charge in [0.05, 0.1) is 12.2 Å². The number of hydrogen-bond donors (Lipinski definition) is 2. The van der Waals surface area contributed by atoms with Crippen molar-refractivity contribution in [3.8, 4) is 5.75 Å². The van der Waals surface area contributed by atoms with Gasteiger partial charge < -0.3 is 15.2 Å². The van der Waals surface area contributed by atoms with Crippen molar-refractivity contribution in [2.75, 3.05) is 13.2 Å². The standard InChI is InChI=1S/C16H14F3NO3/c17-12-6-5-11(14(18)15(12)19)16(22)20-9-10-3-1-2-4-13(10)23-8-7-21/h1-6,21H,7-9H2,(H,20,22). The van der Waals surface area contributed by atoms with Gasteiger partial charge in [0.2, 0.25) is 0 Å². The normalized spacial score (nSPS) is 10.4. The number of ether oxygens (including phenoxy) is 1. The number of aliphatic hydroxyl groups excluding tert-OH is 1. The van der Waals surface area contributed by atoms with Gasteiger partial charge in [0.25, 0.3) is 5.91 Å². The third kappa shape index (κ3) is 4.01. The molecule has 0 aliphatic rings. The molecule has 0 atom stereocenters. The molecule has 0 bridgehead atoms. The predicted molar refractivity (Wildman–Crippen MR) is 76.5 cm³/mol. The quantitative estimate of drug-likeness (QED) is 0.802. The third-order valence-corrected chi connectivity index (χ3v) is 3.04. The van der Waals surface area contributed by atoms with Crippen LogP contribution in [0.3, 0.4) is 0 Å². The summed E-state index contributed by atoms with van der Waals surface area (Å²) in [6.45, 7) is -0.0810. The van der Waals surface area contributed by atoms with Crippen LogP contribution < -0.4 is 10.1 Å². The van der Waals surface area contributed by atoms with Crippen LogP contribution in [0.5, 0.6) is 5.75 Å². The molecule has 0 aliphatic heterocycles. The summed E-state index contributed by atoms with van der Waals surface area (Å²) in [6, 6.07) is 8.31. The Hall–Kier alpha value is -2.54. The van der Waals surface area contributed by atoms with Crippen LogP contribution in [0.2, 0.25) is 0 Å². The van der Waals surface area contributed by atoms with Gasteiger partial charge in [-0.3, -0.25) is 4.79 Å². The van der Waals surface area contributed by atoms with E-state index in [0.717, 1.165) is 6.07 Å². The second kappa shape index (κ2) is 7.64. The SMILES string of the molecule is O=C(NCc1ccccc1OCCO)c1ccc(F)c(F)c1F. The van der Waals surface area contributed by atoms with E-state index in [0.29, 0.717) is 17.4 Å². The van der Waals surface area contributed by atoms with E-state index in [-0.39, 0.29) is 19.8 Å². The smallest absolute Gasteiger partial charge is 0.254 e. The maximum Gasteiger partial charge on any atom is 0.254 e. The number of amides is 1. The maximum absolute atomic E-state index is 13.6. The topological polar surface area (TPSA) is 58.6 Å². The molecule has 2 aromatic rings. The lowest BCUT2D eigenvalue weighted by Crippen LogP contribution is -2.24. The first-order chi connectivity index (χ1) is 11.0. The average Bonchev–Trinajstić information content (AvgIpc) is 2.56. The molecule has 0 aromatic heterocycles. The summed E-state index contributed by atoms with van der Waals surface area (Å²) < 4.78 is 44.9. The molecule has 2 aromatic carbocycles. The van der Waals surface area contributed by atoms with Crippen LogP contribution in [0.1, 0.15) is 15.9 Å². The second-order valence-corrected chi connectivity index (χ2v) is 4.59. The lowest BCUT2D eigenvalue weighted by atomic mass is 10.1. The Morgan fingerprint density at radius 3 is 2.57 bits per heavy atom. The molecule has 0 saturated carbocycles. The second-order valence-electron chi connectivity index (χ2n) is 4.59. The number of carbonyl (C=O) groups is 1. The minimum absolute atomic E-state index is 0.00112. The summed E-state index contributed by atoms with van der Waals surface area (Å²) in [6.07, 6.45) is 0. The molecule has 0 aliphatic carbocycles. The van der Waals surface area contributed by atoms with Crippen molar-refractivity contribution in [1.82, 2.24) is 5.32 Å². The summed E-state index contributed by atoms with van der Waals surface area (Å²) in [5, 5.41) is 11.2. The molecule has 0 unspecified atom stereocenters. The van der Waals surface area contributed by atoms with Crippen LogP contribution in [-0.4, -0.2) is 24.2 Å². The van der Waals surface area contributed by atoms with Crippen LogP contribution in [0.15, 0.2) is 36.4 Å². The molecule has 23 heavy (non-hydrogen) atoms. The van der Waals surface area contributed by atoms with Crippen LogP contribution in [0, 0.1) is 17.5 Å². The Kier molecular flexibility index (Phi) is 5.59. The number of para-hydroxylation sites is 1. The molecule has 0 fully saturated rings. The number of halogens is 3. The number of nitrogens with one attached hydrogen (secondary N) is 1. The van der Waals surface area contributed by atoms with Crippen molar-refractivity contribution in [3.05, 3.63) is 65.0 Å². The first-order valence-electron chi connectivity index (χ1n) is 6.78. The molecule has 2 rings (SSSR count). The fourth-order valence-electron chi connectivity index (χ4n) is 1.92. The molecule has 0 heterocycles. The lowest BCUT2D eigenvalue weighted by molar-refractivity contribution is 0.0945. The van der Waals surface area contributed by atoms with Gasteiger partial charge in [0.1, 0.15) is 12.4 Å². The molecule has 0 spiro atoms. The van der Waals surface area contributed by atoms with E-state index in [4.69, 9.17) is 9.84 Å². The van der Waals surface area contributed by atoms with E-state index in [1.807, 2.05) is 0 Å². The summed E-state index contributed by atoms with van der Waals surface area (Å²) in [7, 11) is 0. The number of carbonyl (C=O) groups excluding carboxylic acids is 1. The van der Waals surface area contributed by atoms with Crippen molar-refractivity contribution in [1.29, 1.82) is 0 Å². The fourth-order valence-corrected chi connectivity index (χ4v) is 1.92.